The third kappa shape index (κ3) is 5.37. The first-order valence-corrected chi connectivity index (χ1v) is 9.28. The van der Waals surface area contributed by atoms with Crippen molar-refractivity contribution in [1.82, 2.24) is 5.32 Å². The summed E-state index contributed by atoms with van der Waals surface area (Å²) in [6, 6.07) is 0.335. The predicted molar refractivity (Wildman–Crippen MR) is 61.3 cm³/mol. The van der Waals surface area contributed by atoms with E-state index < -0.39 is 5.60 Å². The first kappa shape index (κ1) is 14.1. The molecule has 1 N–H and O–H groups in total. The van der Waals surface area contributed by atoms with Gasteiger partial charge in [0.1, 0.15) is 0 Å². The standard InChI is InChI=1S/C12H23INO2/c1-12(2,3)16-11(15)14-10-7-5-9(13-4)6-8-10/h9-10H,5-8H2,1-4H3,(H,14,15)/q-1. The van der Waals surface area contributed by atoms with Gasteiger partial charge in [-0.2, -0.15) is 0 Å². The van der Waals surface area contributed by atoms with E-state index in [0.29, 0.717) is 27.2 Å². The summed E-state index contributed by atoms with van der Waals surface area (Å²) in [4.78, 5) is 13.9. The van der Waals surface area contributed by atoms with E-state index >= 15 is 0 Å². The van der Waals surface area contributed by atoms with Gasteiger partial charge in [-0.3, -0.25) is 0 Å². The molecule has 1 saturated carbocycles. The molecule has 0 aliphatic heterocycles. The van der Waals surface area contributed by atoms with Gasteiger partial charge in [0.15, 0.2) is 0 Å². The van der Waals surface area contributed by atoms with Gasteiger partial charge in [-0.15, -0.1) is 0 Å². The van der Waals surface area contributed by atoms with Gasteiger partial charge < -0.3 is 0 Å². The van der Waals surface area contributed by atoms with Crippen LogP contribution in [0.5, 0.6) is 0 Å². The maximum absolute atomic E-state index is 11.6. The molecule has 0 aromatic heterocycles. The van der Waals surface area contributed by atoms with Crippen molar-refractivity contribution in [1.29, 1.82) is 0 Å². The van der Waals surface area contributed by atoms with E-state index in [0.717, 1.165) is 16.8 Å². The van der Waals surface area contributed by atoms with Crippen molar-refractivity contribution in [2.75, 3.05) is 4.93 Å². The van der Waals surface area contributed by atoms with Crippen molar-refractivity contribution >= 4 is 6.09 Å². The average molecular weight is 340 g/mol. The van der Waals surface area contributed by atoms with Crippen LogP contribution in [0.1, 0.15) is 46.5 Å². The molecule has 1 rings (SSSR count). The molecular formula is C12H23INO2-. The summed E-state index contributed by atoms with van der Waals surface area (Å²) in [6.07, 6.45) is 4.55. The number of carbonyl (C=O) groups excluding carboxylic acids is 1. The maximum atomic E-state index is 11.6. The van der Waals surface area contributed by atoms with Gasteiger partial charge in [-0.1, -0.05) is 0 Å². The molecule has 0 aromatic carbocycles. The molecule has 0 radical (unpaired) electrons. The number of carbonyl (C=O) groups is 1. The minimum absolute atomic E-state index is 0.262. The SMILES string of the molecule is C[I-]C1CCC(NC(=O)OC(C)(C)C)CC1. The number of amides is 1. The minimum atomic E-state index is -0.393. The van der Waals surface area contributed by atoms with Crippen LogP contribution >= 0.6 is 0 Å². The Morgan fingerprint density at radius 1 is 1.25 bits per heavy atom. The summed E-state index contributed by atoms with van der Waals surface area (Å²) in [5.74, 6) is 0. The van der Waals surface area contributed by atoms with Crippen LogP contribution in [-0.4, -0.2) is 26.6 Å². The van der Waals surface area contributed by atoms with Crippen LogP contribution in [0.25, 0.3) is 0 Å². The Bertz CT molecular complexity index is 230. The topological polar surface area (TPSA) is 38.3 Å². The molecule has 1 aliphatic carbocycles. The van der Waals surface area contributed by atoms with Gasteiger partial charge >= 0.3 is 109 Å². The van der Waals surface area contributed by atoms with E-state index in [4.69, 9.17) is 4.74 Å². The van der Waals surface area contributed by atoms with Crippen LogP contribution in [0, 0.1) is 0 Å². The van der Waals surface area contributed by atoms with Crippen molar-refractivity contribution in [3.05, 3.63) is 0 Å². The molecule has 1 amide bonds. The zero-order valence-electron chi connectivity index (χ0n) is 10.7. The normalized spacial score (nSPS) is 26.5. The summed E-state index contributed by atoms with van der Waals surface area (Å²) >= 11 is 0.379. The van der Waals surface area contributed by atoms with Crippen LogP contribution in [-0.2, 0) is 4.74 Å². The van der Waals surface area contributed by atoms with Gasteiger partial charge in [0.05, 0.1) is 0 Å². The van der Waals surface area contributed by atoms with Crippen LogP contribution in [0.15, 0.2) is 0 Å². The first-order chi connectivity index (χ1) is 7.40. The Labute approximate surface area is 109 Å². The van der Waals surface area contributed by atoms with Crippen LogP contribution in [0.2, 0.25) is 0 Å². The quantitative estimate of drug-likeness (QED) is 0.546. The second kappa shape index (κ2) is 6.07. The van der Waals surface area contributed by atoms with Crippen LogP contribution in [0.3, 0.4) is 0 Å². The van der Waals surface area contributed by atoms with Crippen molar-refractivity contribution in [3.63, 3.8) is 0 Å². The summed E-state index contributed by atoms with van der Waals surface area (Å²) in [6.45, 7) is 5.68. The van der Waals surface area contributed by atoms with Crippen molar-refractivity contribution in [2.24, 2.45) is 0 Å². The Balaban J connectivity index is 2.26. The zero-order valence-corrected chi connectivity index (χ0v) is 12.8. The fraction of sp³-hybridized carbons (Fsp3) is 0.917. The van der Waals surface area contributed by atoms with E-state index in [-0.39, 0.29) is 6.09 Å². The molecule has 3 nitrogen and oxygen atoms in total. The monoisotopic (exact) mass is 340 g/mol. The van der Waals surface area contributed by atoms with E-state index in [9.17, 15) is 4.79 Å². The molecule has 96 valence electrons. The van der Waals surface area contributed by atoms with Gasteiger partial charge in [0, 0.05) is 0 Å². The van der Waals surface area contributed by atoms with Crippen molar-refractivity contribution < 1.29 is 30.7 Å². The molecule has 0 saturated heterocycles. The average Bonchev–Trinajstić information content (AvgIpc) is 2.16. The van der Waals surface area contributed by atoms with Gasteiger partial charge in [0.2, 0.25) is 0 Å². The number of rotatable bonds is 2. The molecule has 0 aromatic rings. The molecular weight excluding hydrogens is 317 g/mol. The number of halogens is 1. The number of ether oxygens (including phenoxy) is 1. The Kier molecular flexibility index (Phi) is 5.34. The number of alkyl halides is 2. The van der Waals surface area contributed by atoms with Crippen molar-refractivity contribution in [2.45, 2.75) is 62.0 Å². The molecule has 0 unspecified atom stereocenters. The number of hydrogen-bond donors (Lipinski definition) is 1. The van der Waals surface area contributed by atoms with E-state index in [2.05, 4.69) is 10.2 Å². The van der Waals surface area contributed by atoms with Crippen LogP contribution < -0.4 is 26.5 Å². The first-order valence-electron chi connectivity index (χ1n) is 5.88. The zero-order chi connectivity index (χ0) is 12.2. The number of alkyl carbamates (subject to hydrolysis) is 1. The van der Waals surface area contributed by atoms with Gasteiger partial charge in [-0.25, -0.2) is 0 Å². The van der Waals surface area contributed by atoms with E-state index in [1.807, 2.05) is 20.8 Å². The fourth-order valence-electron chi connectivity index (χ4n) is 1.89. The molecule has 0 bridgehead atoms. The molecule has 16 heavy (non-hydrogen) atoms. The number of nitrogens with one attached hydrogen (secondary N) is 1. The second-order valence-corrected chi connectivity index (χ2v) is 8.32. The van der Waals surface area contributed by atoms with Gasteiger partial charge in [-0.05, 0) is 0 Å². The Morgan fingerprint density at radius 3 is 2.25 bits per heavy atom. The Morgan fingerprint density at radius 2 is 1.81 bits per heavy atom. The molecule has 0 spiro atoms. The van der Waals surface area contributed by atoms with Crippen LogP contribution in [0.4, 0.5) is 4.79 Å². The summed E-state index contributed by atoms with van der Waals surface area (Å²) in [5.41, 5.74) is -0.393. The molecule has 4 heteroatoms. The molecule has 1 fully saturated rings. The predicted octanol–water partition coefficient (Wildman–Crippen LogP) is -0.459. The molecule has 0 heterocycles. The van der Waals surface area contributed by atoms with E-state index in [1.165, 1.54) is 12.8 Å². The second-order valence-electron chi connectivity index (χ2n) is 5.31. The summed E-state index contributed by atoms with van der Waals surface area (Å²) < 4.78 is 6.22. The summed E-state index contributed by atoms with van der Waals surface area (Å²) in [7, 11) is 0. The van der Waals surface area contributed by atoms with Gasteiger partial charge in [0.25, 0.3) is 0 Å². The van der Waals surface area contributed by atoms with E-state index in [1.54, 1.807) is 0 Å². The molecule has 1 aliphatic rings. The fourth-order valence-corrected chi connectivity index (χ4v) is 3.85. The number of hydrogen-bond acceptors (Lipinski definition) is 2. The third-order valence-corrected chi connectivity index (χ3v) is 5.69. The van der Waals surface area contributed by atoms with Crippen molar-refractivity contribution in [3.8, 4) is 0 Å². The molecule has 0 atom stereocenters. The Hall–Kier alpha value is 0. The summed E-state index contributed by atoms with van der Waals surface area (Å²) in [5, 5.41) is 2.97. The third-order valence-electron chi connectivity index (χ3n) is 2.69.